The molecule has 0 aliphatic heterocycles. The van der Waals surface area contributed by atoms with Crippen molar-refractivity contribution < 1.29 is 4.74 Å². The molecule has 3 nitrogen and oxygen atoms in total. The van der Waals surface area contributed by atoms with Crippen molar-refractivity contribution >= 4 is 11.6 Å². The van der Waals surface area contributed by atoms with Crippen molar-refractivity contribution in [3.8, 4) is 17.0 Å². The summed E-state index contributed by atoms with van der Waals surface area (Å²) in [6.07, 6.45) is 0. The van der Waals surface area contributed by atoms with Gasteiger partial charge < -0.3 is 4.74 Å². The maximum Gasteiger partial charge on any atom is 0.127 e. The maximum atomic E-state index is 5.95. The van der Waals surface area contributed by atoms with Crippen LogP contribution in [0.2, 0.25) is 5.15 Å². The van der Waals surface area contributed by atoms with Crippen LogP contribution in [0.4, 0.5) is 0 Å². The van der Waals surface area contributed by atoms with Crippen LogP contribution in [0, 0.1) is 6.92 Å². The van der Waals surface area contributed by atoms with Gasteiger partial charge in [0.25, 0.3) is 0 Å². The Bertz CT molecular complexity index is 500. The van der Waals surface area contributed by atoms with Crippen LogP contribution in [0.25, 0.3) is 11.3 Å². The molecular formula is C12H13ClN2O. The highest BCUT2D eigenvalue weighted by Crippen LogP contribution is 2.26. The number of ether oxygens (including phenoxy) is 1. The summed E-state index contributed by atoms with van der Waals surface area (Å²) < 4.78 is 6.86. The number of aryl methyl sites for hydroxylation is 2. The molecule has 84 valence electrons. The van der Waals surface area contributed by atoms with E-state index < -0.39 is 0 Å². The van der Waals surface area contributed by atoms with E-state index in [0.717, 1.165) is 22.6 Å². The number of hydrogen-bond donors (Lipinski definition) is 0. The molecule has 0 amide bonds. The van der Waals surface area contributed by atoms with Gasteiger partial charge in [-0.1, -0.05) is 11.6 Å². The van der Waals surface area contributed by atoms with E-state index in [1.165, 1.54) is 0 Å². The molecule has 1 aromatic heterocycles. The first-order valence-electron chi connectivity index (χ1n) is 4.96. The summed E-state index contributed by atoms with van der Waals surface area (Å²) in [6.45, 7) is 2.01. The minimum Gasteiger partial charge on any atom is -0.496 e. The molecule has 0 aliphatic rings. The smallest absolute Gasteiger partial charge is 0.127 e. The molecule has 1 heterocycles. The van der Waals surface area contributed by atoms with Gasteiger partial charge in [-0.15, -0.1) is 0 Å². The molecule has 0 spiro atoms. The van der Waals surface area contributed by atoms with Crippen LogP contribution in [0.1, 0.15) is 5.56 Å². The summed E-state index contributed by atoms with van der Waals surface area (Å²) in [6, 6.07) is 7.80. The molecule has 2 rings (SSSR count). The number of aromatic nitrogens is 2. The van der Waals surface area contributed by atoms with Gasteiger partial charge in [-0.05, 0) is 30.7 Å². The number of nitrogens with zero attached hydrogens (tertiary/aromatic N) is 2. The lowest BCUT2D eigenvalue weighted by Gasteiger charge is -2.05. The second-order valence-corrected chi connectivity index (χ2v) is 4.05. The molecule has 0 unspecified atom stereocenters. The fourth-order valence-corrected chi connectivity index (χ4v) is 1.76. The van der Waals surface area contributed by atoms with E-state index >= 15 is 0 Å². The Balaban J connectivity index is 2.45. The Morgan fingerprint density at radius 1 is 1.31 bits per heavy atom. The van der Waals surface area contributed by atoms with Crippen molar-refractivity contribution in [3.63, 3.8) is 0 Å². The number of benzene rings is 1. The van der Waals surface area contributed by atoms with E-state index in [1.54, 1.807) is 11.8 Å². The average Bonchev–Trinajstić information content (AvgIpc) is 2.59. The van der Waals surface area contributed by atoms with Crippen LogP contribution in [0.15, 0.2) is 24.3 Å². The number of halogens is 1. The van der Waals surface area contributed by atoms with Crippen molar-refractivity contribution in [2.75, 3.05) is 7.11 Å². The third kappa shape index (κ3) is 1.91. The predicted molar refractivity (Wildman–Crippen MR) is 64.9 cm³/mol. The van der Waals surface area contributed by atoms with Crippen molar-refractivity contribution in [2.24, 2.45) is 7.05 Å². The maximum absolute atomic E-state index is 5.95. The van der Waals surface area contributed by atoms with Gasteiger partial charge in [0.2, 0.25) is 0 Å². The first kappa shape index (κ1) is 11.0. The van der Waals surface area contributed by atoms with Gasteiger partial charge in [0.05, 0.1) is 12.8 Å². The van der Waals surface area contributed by atoms with Gasteiger partial charge >= 0.3 is 0 Å². The second-order valence-electron chi connectivity index (χ2n) is 3.66. The molecule has 4 heteroatoms. The lowest BCUT2D eigenvalue weighted by molar-refractivity contribution is 0.412. The highest BCUT2D eigenvalue weighted by Gasteiger charge is 2.07. The summed E-state index contributed by atoms with van der Waals surface area (Å²) in [7, 11) is 3.49. The summed E-state index contributed by atoms with van der Waals surface area (Å²) in [5.41, 5.74) is 3.00. The van der Waals surface area contributed by atoms with Crippen LogP contribution in [0.3, 0.4) is 0 Å². The van der Waals surface area contributed by atoms with E-state index in [4.69, 9.17) is 16.3 Å². The van der Waals surface area contributed by atoms with Crippen molar-refractivity contribution in [1.82, 2.24) is 9.78 Å². The fourth-order valence-electron chi connectivity index (χ4n) is 1.62. The zero-order valence-corrected chi connectivity index (χ0v) is 10.2. The van der Waals surface area contributed by atoms with Crippen LogP contribution in [-0.2, 0) is 7.05 Å². The molecule has 16 heavy (non-hydrogen) atoms. The summed E-state index contributed by atoms with van der Waals surface area (Å²) in [4.78, 5) is 0. The Kier molecular flexibility index (Phi) is 2.88. The van der Waals surface area contributed by atoms with E-state index in [9.17, 15) is 0 Å². The largest absolute Gasteiger partial charge is 0.496 e. The van der Waals surface area contributed by atoms with Gasteiger partial charge in [-0.25, -0.2) is 0 Å². The SMILES string of the molecule is COc1ccc(-c2cc(Cl)n(C)n2)cc1C. The summed E-state index contributed by atoms with van der Waals surface area (Å²) in [5, 5.41) is 4.95. The third-order valence-corrected chi connectivity index (χ3v) is 2.87. The van der Waals surface area contributed by atoms with Gasteiger partial charge in [-0.3, -0.25) is 4.68 Å². The van der Waals surface area contributed by atoms with Crippen LogP contribution >= 0.6 is 11.6 Å². The predicted octanol–water partition coefficient (Wildman–Crippen LogP) is 3.06. The number of hydrogen-bond acceptors (Lipinski definition) is 2. The van der Waals surface area contributed by atoms with Crippen LogP contribution < -0.4 is 4.74 Å². The van der Waals surface area contributed by atoms with Crippen LogP contribution in [0.5, 0.6) is 5.75 Å². The highest BCUT2D eigenvalue weighted by atomic mass is 35.5. The molecule has 0 saturated heterocycles. The Hall–Kier alpha value is -1.48. The molecule has 1 aromatic carbocycles. The lowest BCUT2D eigenvalue weighted by Crippen LogP contribution is -1.91. The molecule has 0 N–H and O–H groups in total. The standard InChI is InChI=1S/C12H13ClN2O/c1-8-6-9(4-5-11(8)16-3)10-7-12(13)15(2)14-10/h4-7H,1-3H3. The molecule has 0 radical (unpaired) electrons. The minimum absolute atomic E-state index is 0.628. The molecule has 0 atom stereocenters. The van der Waals surface area contributed by atoms with Gasteiger partial charge in [0, 0.05) is 18.7 Å². The molecule has 2 aromatic rings. The molecule has 0 aliphatic carbocycles. The Morgan fingerprint density at radius 2 is 2.06 bits per heavy atom. The number of methoxy groups -OCH3 is 1. The Morgan fingerprint density at radius 3 is 2.56 bits per heavy atom. The monoisotopic (exact) mass is 236 g/mol. The van der Waals surface area contributed by atoms with Gasteiger partial charge in [0.15, 0.2) is 0 Å². The quantitative estimate of drug-likeness (QED) is 0.801. The first-order chi connectivity index (χ1) is 7.61. The summed E-state index contributed by atoms with van der Waals surface area (Å²) in [5.74, 6) is 0.880. The van der Waals surface area contributed by atoms with E-state index in [1.807, 2.05) is 38.2 Å². The average molecular weight is 237 g/mol. The van der Waals surface area contributed by atoms with Crippen molar-refractivity contribution in [3.05, 3.63) is 35.0 Å². The summed E-state index contributed by atoms with van der Waals surface area (Å²) >= 11 is 5.95. The van der Waals surface area contributed by atoms with Crippen molar-refractivity contribution in [1.29, 1.82) is 0 Å². The lowest BCUT2D eigenvalue weighted by atomic mass is 10.1. The zero-order chi connectivity index (χ0) is 11.7. The van der Waals surface area contributed by atoms with Gasteiger partial charge in [0.1, 0.15) is 10.9 Å². The Labute approximate surface area is 99.6 Å². The highest BCUT2D eigenvalue weighted by molar-refractivity contribution is 6.29. The van der Waals surface area contributed by atoms with E-state index in [2.05, 4.69) is 5.10 Å². The van der Waals surface area contributed by atoms with Gasteiger partial charge in [-0.2, -0.15) is 5.10 Å². The topological polar surface area (TPSA) is 27.1 Å². The molecule has 0 saturated carbocycles. The van der Waals surface area contributed by atoms with Crippen molar-refractivity contribution in [2.45, 2.75) is 6.92 Å². The molecule has 0 bridgehead atoms. The van der Waals surface area contributed by atoms with E-state index in [-0.39, 0.29) is 0 Å². The molecular weight excluding hydrogens is 224 g/mol. The second kappa shape index (κ2) is 4.18. The molecule has 0 fully saturated rings. The van der Waals surface area contributed by atoms with E-state index in [0.29, 0.717) is 5.15 Å². The zero-order valence-electron chi connectivity index (χ0n) is 9.49. The fraction of sp³-hybridized carbons (Fsp3) is 0.250. The van der Waals surface area contributed by atoms with Crippen LogP contribution in [-0.4, -0.2) is 16.9 Å². The minimum atomic E-state index is 0.628. The number of rotatable bonds is 2. The first-order valence-corrected chi connectivity index (χ1v) is 5.34. The third-order valence-electron chi connectivity index (χ3n) is 2.51. The normalized spacial score (nSPS) is 10.5.